The van der Waals surface area contributed by atoms with Crippen LogP contribution in [0.3, 0.4) is 0 Å². The van der Waals surface area contributed by atoms with Crippen LogP contribution in [-0.2, 0) is 5.41 Å². The van der Waals surface area contributed by atoms with Crippen LogP contribution in [0.4, 0.5) is 38.5 Å². The monoisotopic (exact) mass is 820 g/mol. The first kappa shape index (κ1) is 37.5. The second-order valence-electron chi connectivity index (χ2n) is 16.6. The number of halogens is 1. The van der Waals surface area contributed by atoms with Crippen LogP contribution in [0, 0.1) is 5.82 Å². The summed E-state index contributed by atoms with van der Waals surface area (Å²) in [4.78, 5) is 4.91. The Morgan fingerprint density at radius 2 is 0.609 bits per heavy atom. The van der Waals surface area contributed by atoms with Gasteiger partial charge in [0.25, 0.3) is 0 Å². The quantitative estimate of drug-likeness (QED) is 0.165. The van der Waals surface area contributed by atoms with E-state index in [0.717, 1.165) is 61.9 Å². The molecule has 12 rings (SSSR count). The second-order valence-corrected chi connectivity index (χ2v) is 16.6. The first-order valence-corrected chi connectivity index (χ1v) is 21.9. The van der Waals surface area contributed by atoms with E-state index in [1.807, 2.05) is 12.1 Å². The molecule has 0 N–H and O–H groups in total. The number of fused-ring (bicyclic) bond motifs is 8. The van der Waals surface area contributed by atoms with E-state index >= 15 is 0 Å². The van der Waals surface area contributed by atoms with E-state index in [4.69, 9.17) is 0 Å². The summed E-state index contributed by atoms with van der Waals surface area (Å²) >= 11 is 0. The Morgan fingerprint density at radius 3 is 1.09 bits per heavy atom. The van der Waals surface area contributed by atoms with Gasteiger partial charge < -0.3 is 9.80 Å². The molecule has 3 heteroatoms. The molecule has 0 unspecified atom stereocenters. The van der Waals surface area contributed by atoms with Gasteiger partial charge in [-0.1, -0.05) is 176 Å². The van der Waals surface area contributed by atoms with Crippen LogP contribution < -0.4 is 9.80 Å². The lowest BCUT2D eigenvalue weighted by atomic mass is 9.60. The fourth-order valence-electron chi connectivity index (χ4n) is 10.3. The van der Waals surface area contributed by atoms with Crippen molar-refractivity contribution in [2.24, 2.45) is 0 Å². The van der Waals surface area contributed by atoms with Gasteiger partial charge in [-0.25, -0.2) is 4.39 Å². The van der Waals surface area contributed by atoms with Gasteiger partial charge in [-0.05, 0) is 140 Å². The molecule has 10 aromatic carbocycles. The van der Waals surface area contributed by atoms with Crippen LogP contribution in [0.25, 0.3) is 44.5 Å². The molecule has 2 heterocycles. The topological polar surface area (TPSA) is 6.48 Å². The highest BCUT2D eigenvalue weighted by Gasteiger charge is 2.52. The van der Waals surface area contributed by atoms with Crippen molar-refractivity contribution in [1.29, 1.82) is 0 Å². The van der Waals surface area contributed by atoms with Crippen LogP contribution in [0.5, 0.6) is 0 Å². The van der Waals surface area contributed by atoms with Gasteiger partial charge in [-0.3, -0.25) is 0 Å². The molecule has 64 heavy (non-hydrogen) atoms. The molecule has 0 atom stereocenters. The van der Waals surface area contributed by atoms with Gasteiger partial charge in [0.1, 0.15) is 5.82 Å². The van der Waals surface area contributed by atoms with E-state index in [-0.39, 0.29) is 5.82 Å². The van der Waals surface area contributed by atoms with Crippen LogP contribution >= 0.6 is 0 Å². The summed E-state index contributed by atoms with van der Waals surface area (Å²) in [5.74, 6) is -0.238. The molecule has 10 aromatic rings. The number of rotatable bonds is 6. The molecule has 2 aliphatic heterocycles. The SMILES string of the molecule is Fc1ccc(-c2ccc(N3c4ccccc4C4(c5ccccc53)c3ccccc3N(c3cc(-c5ccccc5)cc(-c5ccccc5)c3)c3ccc(-c5ccccc5)cc34)cc2)cc1. The minimum Gasteiger partial charge on any atom is -0.310 e. The van der Waals surface area contributed by atoms with E-state index in [1.54, 1.807) is 0 Å². The summed E-state index contributed by atoms with van der Waals surface area (Å²) in [6.45, 7) is 0. The van der Waals surface area contributed by atoms with Gasteiger partial charge in [0.2, 0.25) is 0 Å². The van der Waals surface area contributed by atoms with Crippen molar-refractivity contribution < 1.29 is 4.39 Å². The third-order valence-electron chi connectivity index (χ3n) is 13.1. The normalized spacial score (nSPS) is 13.1. The zero-order chi connectivity index (χ0) is 42.6. The van der Waals surface area contributed by atoms with E-state index in [0.29, 0.717) is 0 Å². The van der Waals surface area contributed by atoms with Crippen LogP contribution in [0.15, 0.2) is 249 Å². The zero-order valence-corrected chi connectivity index (χ0v) is 34.9. The van der Waals surface area contributed by atoms with Crippen molar-refractivity contribution in [3.63, 3.8) is 0 Å². The summed E-state index contributed by atoms with van der Waals surface area (Å²) in [6, 6.07) is 88.6. The van der Waals surface area contributed by atoms with E-state index < -0.39 is 5.41 Å². The third kappa shape index (κ3) is 6.00. The standard InChI is InChI=1S/C61H41FN2/c62-50-33-28-45(29-34-50)46-30-35-51(36-31-46)63-57-25-13-10-22-53(57)61(54-23-11-14-26-58(54)63)55-24-12-15-27-59(55)64(60-37-32-47(41-56(60)61)42-16-4-1-5-17-42)52-39-48(43-18-6-2-7-19-43)38-49(40-52)44-20-8-3-9-21-44/h1-41H. The highest BCUT2D eigenvalue weighted by molar-refractivity contribution is 5.98. The Hall–Kier alpha value is -8.27. The molecular formula is C61H41FN2. The highest BCUT2D eigenvalue weighted by atomic mass is 19.1. The lowest BCUT2D eigenvalue weighted by Gasteiger charge is -2.51. The third-order valence-corrected chi connectivity index (χ3v) is 13.1. The molecule has 0 aromatic heterocycles. The van der Waals surface area contributed by atoms with E-state index in [9.17, 15) is 4.39 Å². The summed E-state index contributed by atoms with van der Waals surface area (Å²) < 4.78 is 13.9. The molecule has 2 aliphatic rings. The average Bonchev–Trinajstić information content (AvgIpc) is 3.37. The predicted octanol–water partition coefficient (Wildman–Crippen LogP) is 16.4. The van der Waals surface area contributed by atoms with Crippen LogP contribution in [-0.4, -0.2) is 0 Å². The molecule has 0 aliphatic carbocycles. The maximum atomic E-state index is 13.9. The predicted molar refractivity (Wildman–Crippen MR) is 263 cm³/mol. The maximum absolute atomic E-state index is 13.9. The number of benzene rings is 10. The number of hydrogen-bond donors (Lipinski definition) is 0. The molecule has 0 amide bonds. The minimum absolute atomic E-state index is 0.238. The molecule has 2 nitrogen and oxygen atoms in total. The van der Waals surface area contributed by atoms with Gasteiger partial charge in [-0.2, -0.15) is 0 Å². The molecule has 0 saturated carbocycles. The van der Waals surface area contributed by atoms with Crippen molar-refractivity contribution in [1.82, 2.24) is 0 Å². The molecule has 0 fully saturated rings. The van der Waals surface area contributed by atoms with Gasteiger partial charge >= 0.3 is 0 Å². The average molecular weight is 821 g/mol. The largest absolute Gasteiger partial charge is 0.310 e. The Kier molecular flexibility index (Phi) is 8.94. The highest BCUT2D eigenvalue weighted by Crippen LogP contribution is 2.64. The lowest BCUT2D eigenvalue weighted by molar-refractivity contribution is 0.628. The summed E-state index contributed by atoms with van der Waals surface area (Å²) in [6.07, 6.45) is 0. The van der Waals surface area contributed by atoms with Gasteiger partial charge in [0.15, 0.2) is 0 Å². The molecule has 1 spiro atoms. The molecule has 0 radical (unpaired) electrons. The smallest absolute Gasteiger partial charge is 0.123 e. The van der Waals surface area contributed by atoms with Gasteiger partial charge in [0.05, 0.1) is 28.2 Å². The first-order chi connectivity index (χ1) is 31.6. The van der Waals surface area contributed by atoms with Crippen molar-refractivity contribution >= 4 is 34.1 Å². The zero-order valence-electron chi connectivity index (χ0n) is 34.9. The number of para-hydroxylation sites is 3. The number of nitrogens with zero attached hydrogens (tertiary/aromatic N) is 2. The Labute approximate surface area is 373 Å². The second kappa shape index (κ2) is 15.3. The lowest BCUT2D eigenvalue weighted by Crippen LogP contribution is -2.42. The number of hydrogen-bond acceptors (Lipinski definition) is 2. The Morgan fingerprint density at radius 1 is 0.250 bits per heavy atom. The molecule has 0 bridgehead atoms. The van der Waals surface area contributed by atoms with Gasteiger partial charge in [0, 0.05) is 11.4 Å². The maximum Gasteiger partial charge on any atom is 0.123 e. The van der Waals surface area contributed by atoms with Crippen LogP contribution in [0.1, 0.15) is 22.3 Å². The van der Waals surface area contributed by atoms with Crippen molar-refractivity contribution in [2.75, 3.05) is 9.80 Å². The first-order valence-electron chi connectivity index (χ1n) is 21.9. The molecular weight excluding hydrogens is 780 g/mol. The minimum atomic E-state index is -0.704. The Balaban J connectivity index is 1.13. The van der Waals surface area contributed by atoms with Crippen LogP contribution in [0.2, 0.25) is 0 Å². The summed E-state index contributed by atoms with van der Waals surface area (Å²) in [5, 5.41) is 0. The number of anilines is 6. The molecule has 302 valence electrons. The van der Waals surface area contributed by atoms with Crippen molar-refractivity contribution in [3.8, 4) is 44.5 Å². The van der Waals surface area contributed by atoms with E-state index in [1.165, 1.54) is 51.1 Å². The summed E-state index contributed by atoms with van der Waals surface area (Å²) in [7, 11) is 0. The summed E-state index contributed by atoms with van der Waals surface area (Å²) in [5.41, 5.74) is 19.8. The Bertz CT molecular complexity index is 3220. The fraction of sp³-hybridized carbons (Fsp3) is 0.0164. The van der Waals surface area contributed by atoms with Gasteiger partial charge in [-0.15, -0.1) is 0 Å². The molecule has 0 saturated heterocycles. The fourth-order valence-corrected chi connectivity index (χ4v) is 10.3. The van der Waals surface area contributed by atoms with Crippen molar-refractivity contribution in [2.45, 2.75) is 5.41 Å². The van der Waals surface area contributed by atoms with E-state index in [2.05, 4.69) is 234 Å². The van der Waals surface area contributed by atoms with Crippen molar-refractivity contribution in [3.05, 3.63) is 277 Å².